The molecule has 0 spiro atoms. The number of allylic oxidation sites excluding steroid dienone is 2. The van der Waals surface area contributed by atoms with E-state index in [1.165, 1.54) is 21.4 Å². The molecule has 1 fully saturated rings. The lowest BCUT2D eigenvalue weighted by Gasteiger charge is -2.43. The highest BCUT2D eigenvalue weighted by molar-refractivity contribution is 6.76. The predicted molar refractivity (Wildman–Crippen MR) is 217 cm³/mol. The molecular weight excluding hydrogens is 725 g/mol. The summed E-state index contributed by atoms with van der Waals surface area (Å²) in [5.74, 6) is -0.642. The van der Waals surface area contributed by atoms with Crippen molar-refractivity contribution in [1.82, 2.24) is 18.6 Å². The predicted octanol–water partition coefficient (Wildman–Crippen LogP) is 8.28. The third-order valence-electron chi connectivity index (χ3n) is 10.1. The van der Waals surface area contributed by atoms with Gasteiger partial charge in [0.1, 0.15) is 29.1 Å². The lowest BCUT2D eigenvalue weighted by atomic mass is 9.78. The van der Waals surface area contributed by atoms with Crippen LogP contribution in [0.1, 0.15) is 38.8 Å². The number of hydrogen-bond donors (Lipinski definition) is 0. The van der Waals surface area contributed by atoms with Crippen molar-refractivity contribution >= 4 is 53.6 Å². The minimum atomic E-state index is -1.72. The summed E-state index contributed by atoms with van der Waals surface area (Å²) in [7, 11) is 1.85. The number of aromatic nitrogens is 3. The smallest absolute Gasteiger partial charge is 0.410 e. The van der Waals surface area contributed by atoms with Crippen LogP contribution in [0.3, 0.4) is 0 Å². The van der Waals surface area contributed by atoms with Crippen LogP contribution in [0.4, 0.5) is 14.9 Å². The number of alkyl halides is 1. The number of imidazole rings is 1. The van der Waals surface area contributed by atoms with Gasteiger partial charge in [0.25, 0.3) is 0 Å². The Morgan fingerprint density at radius 2 is 1.78 bits per heavy atom. The molecule has 0 saturated carbocycles. The van der Waals surface area contributed by atoms with Crippen LogP contribution in [0, 0.1) is 0 Å². The van der Waals surface area contributed by atoms with Crippen LogP contribution in [0.2, 0.25) is 25.7 Å². The van der Waals surface area contributed by atoms with Gasteiger partial charge < -0.3 is 33.1 Å². The molecule has 3 atom stereocenters. The number of benzene rings is 2. The second-order valence-corrected chi connectivity index (χ2v) is 22.8. The number of halogens is 2. The monoisotopic (exact) mass is 777 g/mol. The number of piperazine rings is 1. The van der Waals surface area contributed by atoms with Gasteiger partial charge in [-0.15, -0.1) is 11.6 Å². The van der Waals surface area contributed by atoms with E-state index in [9.17, 15) is 9.59 Å². The maximum atomic E-state index is 16.9. The molecule has 2 aromatic carbocycles. The van der Waals surface area contributed by atoms with Crippen molar-refractivity contribution in [3.8, 4) is 0 Å². The molecule has 2 unspecified atom stereocenters. The summed E-state index contributed by atoms with van der Waals surface area (Å²) in [6.07, 6.45) is 5.28. The second kappa shape index (κ2) is 15.2. The summed E-state index contributed by atoms with van der Waals surface area (Å²) in [6.45, 7) is 17.0. The summed E-state index contributed by atoms with van der Waals surface area (Å²) in [6, 6.07) is 16.3. The maximum Gasteiger partial charge on any atom is 0.410 e. The number of ether oxygens (including phenoxy) is 3. The Kier molecular flexibility index (Phi) is 11.1. The fourth-order valence-corrected chi connectivity index (χ4v) is 8.58. The van der Waals surface area contributed by atoms with Crippen LogP contribution in [0.25, 0.3) is 22.2 Å². The summed E-state index contributed by atoms with van der Waals surface area (Å²) in [5.41, 5.74) is 2.46. The average Bonchev–Trinajstić information content (AvgIpc) is 3.66. The summed E-state index contributed by atoms with van der Waals surface area (Å²) >= 11 is 7.99. The van der Waals surface area contributed by atoms with Gasteiger partial charge in [-0.2, -0.15) is 0 Å². The first kappa shape index (κ1) is 39.6. The quantitative estimate of drug-likeness (QED) is 0.0917. The SMILES string of the molecule is COC1C(c2ccccc2)=CC(F)=C(n2ccn(C)c2=O)C1(Cl)c1cc(N2CCN(C(=O)OC(C)(C)C)[C@H](C)C2)c2ccn(COCC[Si](C)(C)C)c2c1. The first-order chi connectivity index (χ1) is 25.4. The van der Waals surface area contributed by atoms with E-state index in [0.29, 0.717) is 44.1 Å². The molecule has 1 amide bonds. The van der Waals surface area contributed by atoms with Crippen molar-refractivity contribution in [1.29, 1.82) is 0 Å². The molecule has 0 radical (unpaired) electrons. The van der Waals surface area contributed by atoms with Gasteiger partial charge in [0.05, 0.1) is 11.2 Å². The Morgan fingerprint density at radius 1 is 1.06 bits per heavy atom. The molecule has 10 nitrogen and oxygen atoms in total. The standard InChI is InChI=1S/C41H53ClFN5O5Si/c1-28-26-45(18-20-47(28)39(50)53-40(2,3)4)34-23-30(24-35-31(34)15-16-46(35)27-52-21-22-54(7,8)9)41(42)36(48-19-17-44(5)38(48)49)33(43)25-32(37(41)51-6)29-13-11-10-12-14-29/h10-17,19,23-25,28,37H,18,20-22,26-27H2,1-9H3/t28-,37?,41?/m1/s1. The molecule has 6 rings (SSSR count). The van der Waals surface area contributed by atoms with Crippen LogP contribution in [0.15, 0.2) is 83.8 Å². The summed E-state index contributed by atoms with van der Waals surface area (Å²) < 4.78 is 39.9. The average molecular weight is 778 g/mol. The molecule has 3 heterocycles. The highest BCUT2D eigenvalue weighted by atomic mass is 35.5. The van der Waals surface area contributed by atoms with Crippen LogP contribution >= 0.6 is 11.6 Å². The molecule has 0 N–H and O–H groups in total. The minimum absolute atomic E-state index is 0.0285. The molecule has 1 saturated heterocycles. The van der Waals surface area contributed by atoms with Crippen molar-refractivity contribution in [2.75, 3.05) is 38.3 Å². The van der Waals surface area contributed by atoms with Gasteiger partial charge in [0.2, 0.25) is 0 Å². The van der Waals surface area contributed by atoms with E-state index in [-0.39, 0.29) is 17.8 Å². The van der Waals surface area contributed by atoms with Gasteiger partial charge in [-0.05, 0) is 74.7 Å². The molecule has 2 aliphatic rings. The Bertz CT molecular complexity index is 2130. The van der Waals surface area contributed by atoms with E-state index in [1.807, 2.05) is 80.9 Å². The van der Waals surface area contributed by atoms with Crippen LogP contribution in [-0.4, -0.2) is 83.9 Å². The van der Waals surface area contributed by atoms with E-state index in [1.54, 1.807) is 25.3 Å². The number of aryl methyl sites for hydroxylation is 1. The zero-order valence-corrected chi connectivity index (χ0v) is 34.6. The number of amides is 1. The van der Waals surface area contributed by atoms with Gasteiger partial charge in [0.15, 0.2) is 0 Å². The van der Waals surface area contributed by atoms with E-state index < -0.39 is 36.2 Å². The first-order valence-electron chi connectivity index (χ1n) is 18.5. The Hall–Kier alpha value is -4.10. The number of anilines is 1. The lowest BCUT2D eigenvalue weighted by Crippen LogP contribution is -2.55. The molecule has 1 aliphatic heterocycles. The lowest BCUT2D eigenvalue weighted by molar-refractivity contribution is 0.0159. The Labute approximate surface area is 323 Å². The zero-order chi connectivity index (χ0) is 39.2. The highest BCUT2D eigenvalue weighted by Crippen LogP contribution is 2.53. The van der Waals surface area contributed by atoms with Crippen LogP contribution in [0.5, 0.6) is 0 Å². The highest BCUT2D eigenvalue weighted by Gasteiger charge is 2.51. The second-order valence-electron chi connectivity index (χ2n) is 16.6. The summed E-state index contributed by atoms with van der Waals surface area (Å²) in [5, 5.41) is 0.956. The molecule has 290 valence electrons. The topological polar surface area (TPSA) is 83.1 Å². The molecule has 54 heavy (non-hydrogen) atoms. The Balaban J connectivity index is 1.53. The van der Waals surface area contributed by atoms with E-state index in [0.717, 1.165) is 28.2 Å². The van der Waals surface area contributed by atoms with Crippen LogP contribution in [-0.2, 0) is 32.9 Å². The van der Waals surface area contributed by atoms with E-state index >= 15 is 4.39 Å². The van der Waals surface area contributed by atoms with Crippen molar-refractivity contribution in [2.24, 2.45) is 7.05 Å². The number of fused-ring (bicyclic) bond motifs is 1. The number of carbonyl (C=O) groups excluding carboxylic acids is 1. The molecule has 2 aromatic heterocycles. The zero-order valence-electron chi connectivity index (χ0n) is 32.9. The molecular formula is C41H53ClFN5O5Si. The van der Waals surface area contributed by atoms with E-state index in [2.05, 4.69) is 30.6 Å². The fraction of sp³-hybridized carbons (Fsp3) is 0.463. The number of hydrogen-bond acceptors (Lipinski definition) is 6. The molecule has 13 heteroatoms. The largest absolute Gasteiger partial charge is 0.444 e. The third kappa shape index (κ3) is 7.84. The number of methoxy groups -OCH3 is 1. The van der Waals surface area contributed by atoms with Crippen molar-refractivity contribution in [3.63, 3.8) is 0 Å². The minimum Gasteiger partial charge on any atom is -0.444 e. The number of nitrogens with zero attached hydrogens (tertiary/aromatic N) is 5. The molecule has 0 bridgehead atoms. The van der Waals surface area contributed by atoms with Crippen LogP contribution < -0.4 is 10.6 Å². The fourth-order valence-electron chi connectivity index (χ4n) is 7.33. The van der Waals surface area contributed by atoms with Gasteiger partial charge in [-0.3, -0.25) is 4.57 Å². The third-order valence-corrected chi connectivity index (χ3v) is 12.4. The van der Waals surface area contributed by atoms with Gasteiger partial charge in [-0.25, -0.2) is 14.0 Å². The van der Waals surface area contributed by atoms with Crippen molar-refractivity contribution in [2.45, 2.75) is 82.7 Å². The first-order valence-corrected chi connectivity index (χ1v) is 22.6. The Morgan fingerprint density at radius 3 is 2.39 bits per heavy atom. The maximum absolute atomic E-state index is 16.9. The number of rotatable bonds is 10. The van der Waals surface area contributed by atoms with Gasteiger partial charge in [-0.1, -0.05) is 50.0 Å². The summed E-state index contributed by atoms with van der Waals surface area (Å²) in [4.78, 5) is 29.0. The molecule has 1 aliphatic carbocycles. The normalized spacial score (nSPS) is 21.2. The van der Waals surface area contributed by atoms with E-state index in [4.69, 9.17) is 25.8 Å². The molecule has 4 aromatic rings. The van der Waals surface area contributed by atoms with Gasteiger partial charge in [0, 0.05) is 84.2 Å². The van der Waals surface area contributed by atoms with Crippen molar-refractivity contribution in [3.05, 3.63) is 101 Å². The van der Waals surface area contributed by atoms with Crippen molar-refractivity contribution < 1.29 is 23.4 Å². The number of carbonyl (C=O) groups is 1. The van der Waals surface area contributed by atoms with Gasteiger partial charge >= 0.3 is 11.8 Å².